The first-order chi connectivity index (χ1) is 14.7. The largest absolute Gasteiger partial charge is 0.368 e. The second-order valence-corrected chi connectivity index (χ2v) is 7.51. The van der Waals surface area contributed by atoms with Gasteiger partial charge in [0.15, 0.2) is 5.82 Å². The van der Waals surface area contributed by atoms with E-state index in [1.165, 1.54) is 11.3 Å². The van der Waals surface area contributed by atoms with Crippen molar-refractivity contribution in [1.29, 1.82) is 0 Å². The van der Waals surface area contributed by atoms with E-state index in [-0.39, 0.29) is 17.9 Å². The normalized spacial score (nSPS) is 10.9. The van der Waals surface area contributed by atoms with Crippen molar-refractivity contribution in [3.63, 3.8) is 0 Å². The monoisotopic (exact) mass is 424 g/mol. The van der Waals surface area contributed by atoms with Crippen molar-refractivity contribution in [1.82, 2.24) is 25.7 Å². The van der Waals surface area contributed by atoms with E-state index in [0.717, 1.165) is 10.3 Å². The Balaban J connectivity index is 1.18. The van der Waals surface area contributed by atoms with Crippen molar-refractivity contribution < 1.29 is 9.32 Å². The van der Waals surface area contributed by atoms with Crippen LogP contribution in [0.2, 0.25) is 0 Å². The first-order valence-corrected chi connectivity index (χ1v) is 10.4. The molecule has 0 atom stereocenters. The van der Waals surface area contributed by atoms with Gasteiger partial charge in [0.2, 0.25) is 17.6 Å². The molecule has 0 unspecified atom stereocenters. The second-order valence-electron chi connectivity index (χ2n) is 6.57. The summed E-state index contributed by atoms with van der Waals surface area (Å²) >= 11 is 1.54. The van der Waals surface area contributed by atoms with Gasteiger partial charge in [-0.25, -0.2) is 5.10 Å². The van der Waals surface area contributed by atoms with Gasteiger partial charge in [-0.3, -0.25) is 9.59 Å². The van der Waals surface area contributed by atoms with E-state index in [0.29, 0.717) is 48.9 Å². The minimum atomic E-state index is -0.216. The Morgan fingerprint density at radius 2 is 2.00 bits per heavy atom. The van der Waals surface area contributed by atoms with Gasteiger partial charge in [-0.2, -0.15) is 10.1 Å². The highest BCUT2D eigenvalue weighted by Gasteiger charge is 2.11. The van der Waals surface area contributed by atoms with Gasteiger partial charge in [-0.15, -0.1) is 11.3 Å². The standard InChI is InChI=1S/C20H20N6O3S/c27-16(8-9-17-23-19(26-29-17)15-7-3-12-30-15)21-10-4-11-22-18-13-5-1-2-6-14(13)20(28)25-24-18/h1-3,5-7,12H,4,8-11H2,(H,21,27)(H,22,24)(H,25,28). The lowest BCUT2D eigenvalue weighted by Crippen LogP contribution is -2.26. The summed E-state index contributed by atoms with van der Waals surface area (Å²) in [6, 6.07) is 11.1. The summed E-state index contributed by atoms with van der Waals surface area (Å²) in [4.78, 5) is 29.1. The van der Waals surface area contributed by atoms with Crippen molar-refractivity contribution >= 4 is 33.8 Å². The van der Waals surface area contributed by atoms with Crippen LogP contribution in [-0.2, 0) is 11.2 Å². The quantitative estimate of drug-likeness (QED) is 0.353. The van der Waals surface area contributed by atoms with Crippen LogP contribution >= 0.6 is 11.3 Å². The van der Waals surface area contributed by atoms with Gasteiger partial charge in [0, 0.05) is 31.3 Å². The van der Waals surface area contributed by atoms with Gasteiger partial charge in [0.05, 0.1) is 10.3 Å². The molecule has 9 nitrogen and oxygen atoms in total. The number of fused-ring (bicyclic) bond motifs is 1. The molecule has 0 spiro atoms. The molecule has 10 heteroatoms. The molecule has 0 saturated heterocycles. The third-order valence-electron chi connectivity index (χ3n) is 4.44. The number of aromatic amines is 1. The van der Waals surface area contributed by atoms with Gasteiger partial charge in [0.25, 0.3) is 5.56 Å². The number of nitrogens with one attached hydrogen (secondary N) is 3. The highest BCUT2D eigenvalue weighted by atomic mass is 32.1. The third kappa shape index (κ3) is 4.71. The van der Waals surface area contributed by atoms with Crippen LogP contribution in [-0.4, -0.2) is 39.3 Å². The van der Waals surface area contributed by atoms with E-state index < -0.39 is 0 Å². The van der Waals surface area contributed by atoms with Crippen LogP contribution < -0.4 is 16.2 Å². The predicted molar refractivity (Wildman–Crippen MR) is 114 cm³/mol. The predicted octanol–water partition coefficient (Wildman–Crippen LogP) is 2.59. The van der Waals surface area contributed by atoms with Crippen molar-refractivity contribution in [2.24, 2.45) is 0 Å². The van der Waals surface area contributed by atoms with Crippen LogP contribution in [0.25, 0.3) is 21.5 Å². The van der Waals surface area contributed by atoms with Crippen molar-refractivity contribution in [3.05, 3.63) is 58.0 Å². The maximum atomic E-state index is 12.0. The zero-order valence-electron chi connectivity index (χ0n) is 16.1. The number of hydrogen-bond donors (Lipinski definition) is 3. The minimum Gasteiger partial charge on any atom is -0.368 e. The SMILES string of the molecule is O=C(CCc1nc(-c2cccs2)no1)NCCCNc1n[nH]c(=O)c2ccccc12. The molecule has 154 valence electrons. The molecule has 0 aliphatic heterocycles. The lowest BCUT2D eigenvalue weighted by atomic mass is 10.2. The van der Waals surface area contributed by atoms with Gasteiger partial charge in [-0.05, 0) is 23.9 Å². The molecule has 3 aromatic heterocycles. The molecule has 4 aromatic rings. The summed E-state index contributed by atoms with van der Waals surface area (Å²) in [7, 11) is 0. The van der Waals surface area contributed by atoms with E-state index in [4.69, 9.17) is 4.52 Å². The molecule has 0 radical (unpaired) electrons. The van der Waals surface area contributed by atoms with Crippen molar-refractivity contribution in [2.45, 2.75) is 19.3 Å². The number of nitrogens with zero attached hydrogens (tertiary/aromatic N) is 3. The number of thiophene rings is 1. The first kappa shape index (κ1) is 19.8. The molecule has 3 N–H and O–H groups in total. The van der Waals surface area contributed by atoms with Crippen LogP contribution in [0.5, 0.6) is 0 Å². The van der Waals surface area contributed by atoms with Gasteiger partial charge >= 0.3 is 0 Å². The molecular weight excluding hydrogens is 404 g/mol. The Morgan fingerprint density at radius 1 is 1.13 bits per heavy atom. The molecule has 30 heavy (non-hydrogen) atoms. The third-order valence-corrected chi connectivity index (χ3v) is 5.31. The van der Waals surface area contributed by atoms with Crippen LogP contribution in [0, 0.1) is 0 Å². The molecule has 0 fully saturated rings. The maximum absolute atomic E-state index is 12.0. The number of benzene rings is 1. The summed E-state index contributed by atoms with van der Waals surface area (Å²) in [5.41, 5.74) is -0.216. The smallest absolute Gasteiger partial charge is 0.272 e. The minimum absolute atomic E-state index is 0.0708. The number of aryl methyl sites for hydroxylation is 1. The molecule has 0 aliphatic rings. The molecular formula is C20H20N6O3S. The van der Waals surface area contributed by atoms with Gasteiger partial charge in [-0.1, -0.05) is 29.4 Å². The Labute approximate surface area is 175 Å². The highest BCUT2D eigenvalue weighted by molar-refractivity contribution is 7.13. The van der Waals surface area contributed by atoms with E-state index in [1.807, 2.05) is 35.7 Å². The Morgan fingerprint density at radius 3 is 2.83 bits per heavy atom. The van der Waals surface area contributed by atoms with E-state index in [2.05, 4.69) is 31.0 Å². The number of carbonyl (C=O) groups is 1. The number of aromatic nitrogens is 4. The number of hydrogen-bond acceptors (Lipinski definition) is 8. The molecule has 4 rings (SSSR count). The average Bonchev–Trinajstić information content (AvgIpc) is 3.45. The molecule has 0 saturated carbocycles. The molecule has 3 heterocycles. The van der Waals surface area contributed by atoms with Gasteiger partial charge in [0.1, 0.15) is 0 Å². The van der Waals surface area contributed by atoms with E-state index in [9.17, 15) is 9.59 Å². The fourth-order valence-corrected chi connectivity index (χ4v) is 3.59. The summed E-state index contributed by atoms with van der Waals surface area (Å²) < 4.78 is 5.20. The fourth-order valence-electron chi connectivity index (χ4n) is 2.94. The Kier molecular flexibility index (Phi) is 6.14. The second kappa shape index (κ2) is 9.31. The number of H-pyrrole nitrogens is 1. The van der Waals surface area contributed by atoms with Crippen LogP contribution in [0.3, 0.4) is 0 Å². The summed E-state index contributed by atoms with van der Waals surface area (Å²) in [5, 5.41) is 19.9. The zero-order valence-corrected chi connectivity index (χ0v) is 16.9. The molecule has 1 amide bonds. The Bertz CT molecular complexity index is 1180. The van der Waals surface area contributed by atoms with Crippen molar-refractivity contribution in [3.8, 4) is 10.7 Å². The van der Waals surface area contributed by atoms with Crippen LogP contribution in [0.15, 0.2) is 51.1 Å². The number of carbonyl (C=O) groups excluding carboxylic acids is 1. The number of rotatable bonds is 9. The Hall–Kier alpha value is -3.53. The van der Waals surface area contributed by atoms with E-state index >= 15 is 0 Å². The first-order valence-electron chi connectivity index (χ1n) is 9.55. The summed E-state index contributed by atoms with van der Waals surface area (Å²) in [6.07, 6.45) is 1.39. The molecule has 1 aromatic carbocycles. The fraction of sp³-hybridized carbons (Fsp3) is 0.250. The highest BCUT2D eigenvalue weighted by Crippen LogP contribution is 2.21. The molecule has 0 bridgehead atoms. The van der Waals surface area contributed by atoms with Crippen LogP contribution in [0.4, 0.5) is 5.82 Å². The number of anilines is 1. The molecule has 0 aliphatic carbocycles. The zero-order chi connectivity index (χ0) is 20.8. The number of amides is 1. The van der Waals surface area contributed by atoms with Gasteiger partial charge < -0.3 is 15.2 Å². The lowest BCUT2D eigenvalue weighted by Gasteiger charge is -2.08. The maximum Gasteiger partial charge on any atom is 0.272 e. The average molecular weight is 424 g/mol. The summed E-state index contributed by atoms with van der Waals surface area (Å²) in [5.74, 6) is 1.55. The topological polar surface area (TPSA) is 126 Å². The summed E-state index contributed by atoms with van der Waals surface area (Å²) in [6.45, 7) is 1.13. The lowest BCUT2D eigenvalue weighted by molar-refractivity contribution is -0.121. The van der Waals surface area contributed by atoms with E-state index in [1.54, 1.807) is 6.07 Å². The van der Waals surface area contributed by atoms with Crippen LogP contribution in [0.1, 0.15) is 18.7 Å². The van der Waals surface area contributed by atoms with Crippen molar-refractivity contribution in [2.75, 3.05) is 18.4 Å².